The fraction of sp³-hybridized carbons (Fsp3) is 0.707. The minimum atomic E-state index is -4.47. The first-order valence-electron chi connectivity index (χ1n) is 34.9. The number of hydrogen-bond acceptors (Lipinski definition) is 6. The summed E-state index contributed by atoms with van der Waals surface area (Å²) in [6.07, 6.45) is 89.1. The quantitative estimate of drug-likeness (QED) is 0.0205. The van der Waals surface area contributed by atoms with Crippen molar-refractivity contribution in [2.45, 2.75) is 303 Å². The molecule has 0 radical (unpaired) electrons. The standard InChI is InChI=1S/C75H131N2O7P/c1-7-10-13-16-19-22-25-28-30-32-34-35-36-37-38-39-40-41-43-45-47-50-53-56-59-62-65-68-75(79)84-73(66-63-60-57-54-51-48-27-24-21-18-15-12-9-3)72(71-83-85(80,81)82-70-69-77(4,5)6)76-74(78)67-64-61-58-55-52-49-46-44-42-33-31-29-26-23-20-17-14-11-8-2/h10,13,19-20,22-23,28-31,34-35,37-38,40-42,44,63,66,72-73H,7-9,11-12,14-18,21,24-27,32-33,36,39,43,45-62,64-65,67-71H2,1-6H3,(H-,76,78,80,81)/p+1/b13-10-,22-19-,23-20-,30-28-,31-29-,35-34-,38-37-,41-40-,44-42-,66-63-. The Morgan fingerprint density at radius 2 is 0.753 bits per heavy atom. The number of unbranched alkanes of at least 4 members (excludes halogenated alkanes) is 28. The molecule has 488 valence electrons. The van der Waals surface area contributed by atoms with E-state index in [1.165, 1.54) is 109 Å². The lowest BCUT2D eigenvalue weighted by atomic mass is 10.0. The number of hydrogen-bond donors (Lipinski definition) is 2. The molecule has 0 heterocycles. The van der Waals surface area contributed by atoms with Crippen LogP contribution in [0.2, 0.25) is 0 Å². The minimum absolute atomic E-state index is 0.0303. The van der Waals surface area contributed by atoms with E-state index in [0.29, 0.717) is 17.4 Å². The molecule has 10 heteroatoms. The number of ether oxygens (including phenoxy) is 1. The van der Waals surface area contributed by atoms with Crippen molar-refractivity contribution in [3.8, 4) is 0 Å². The van der Waals surface area contributed by atoms with Gasteiger partial charge in [-0.25, -0.2) is 4.57 Å². The molecule has 3 atom stereocenters. The molecule has 0 aromatic carbocycles. The van der Waals surface area contributed by atoms with Gasteiger partial charge in [-0.3, -0.25) is 18.6 Å². The van der Waals surface area contributed by atoms with Gasteiger partial charge in [0.15, 0.2) is 0 Å². The van der Waals surface area contributed by atoms with Crippen LogP contribution in [-0.2, 0) is 27.9 Å². The average molecular weight is 1200 g/mol. The maximum atomic E-state index is 13.6. The van der Waals surface area contributed by atoms with Gasteiger partial charge in [-0.15, -0.1) is 0 Å². The molecule has 1 amide bonds. The summed E-state index contributed by atoms with van der Waals surface area (Å²) in [7, 11) is 1.47. The first-order valence-corrected chi connectivity index (χ1v) is 36.4. The number of esters is 1. The highest BCUT2D eigenvalue weighted by molar-refractivity contribution is 7.47. The van der Waals surface area contributed by atoms with E-state index < -0.39 is 20.0 Å². The zero-order valence-corrected chi connectivity index (χ0v) is 56.7. The van der Waals surface area contributed by atoms with Crippen LogP contribution in [0, 0.1) is 0 Å². The van der Waals surface area contributed by atoms with Gasteiger partial charge in [0.2, 0.25) is 5.91 Å². The Morgan fingerprint density at radius 3 is 1.15 bits per heavy atom. The zero-order valence-electron chi connectivity index (χ0n) is 55.8. The van der Waals surface area contributed by atoms with Crippen molar-refractivity contribution < 1.29 is 37.3 Å². The van der Waals surface area contributed by atoms with E-state index in [1.54, 1.807) is 0 Å². The maximum Gasteiger partial charge on any atom is 0.472 e. The normalized spacial score (nSPS) is 14.3. The topological polar surface area (TPSA) is 111 Å². The van der Waals surface area contributed by atoms with Crippen LogP contribution in [0.3, 0.4) is 0 Å². The number of carbonyl (C=O) groups excluding carboxylic acids is 2. The van der Waals surface area contributed by atoms with Crippen LogP contribution in [0.1, 0.15) is 290 Å². The first kappa shape index (κ1) is 81.4. The Morgan fingerprint density at radius 1 is 0.424 bits per heavy atom. The molecule has 0 fully saturated rings. The van der Waals surface area contributed by atoms with Crippen molar-refractivity contribution in [1.82, 2.24) is 5.32 Å². The summed E-state index contributed by atoms with van der Waals surface area (Å²) >= 11 is 0. The Balaban J connectivity index is 5.18. The number of nitrogens with one attached hydrogen (secondary N) is 1. The molecular formula is C75H132N2O7P+. The maximum absolute atomic E-state index is 13.6. The monoisotopic (exact) mass is 1200 g/mol. The molecular weight excluding hydrogens is 1070 g/mol. The highest BCUT2D eigenvalue weighted by Crippen LogP contribution is 2.43. The summed E-state index contributed by atoms with van der Waals surface area (Å²) in [5.41, 5.74) is 0. The van der Waals surface area contributed by atoms with E-state index in [4.69, 9.17) is 13.8 Å². The Hall–Kier alpha value is -3.59. The number of rotatable bonds is 62. The summed E-state index contributed by atoms with van der Waals surface area (Å²) in [5, 5.41) is 3.06. The molecule has 0 aliphatic carbocycles. The van der Waals surface area contributed by atoms with Gasteiger partial charge < -0.3 is 19.4 Å². The van der Waals surface area contributed by atoms with Crippen LogP contribution in [0.25, 0.3) is 0 Å². The van der Waals surface area contributed by atoms with Crippen molar-refractivity contribution in [2.75, 3.05) is 40.9 Å². The molecule has 0 aliphatic heterocycles. The fourth-order valence-electron chi connectivity index (χ4n) is 9.54. The van der Waals surface area contributed by atoms with Crippen LogP contribution >= 0.6 is 7.82 Å². The molecule has 0 spiro atoms. The number of allylic oxidation sites excluding steroid dienone is 19. The van der Waals surface area contributed by atoms with Gasteiger partial charge in [0.05, 0.1) is 33.8 Å². The molecule has 0 rings (SSSR count). The number of quaternary nitrogens is 1. The molecule has 3 unspecified atom stereocenters. The predicted molar refractivity (Wildman–Crippen MR) is 369 cm³/mol. The summed E-state index contributed by atoms with van der Waals surface area (Å²) in [6.45, 7) is 6.86. The minimum Gasteiger partial charge on any atom is -0.456 e. The molecule has 0 saturated heterocycles. The molecule has 2 N–H and O–H groups in total. The molecule has 0 aromatic rings. The van der Waals surface area contributed by atoms with Crippen molar-refractivity contribution in [3.63, 3.8) is 0 Å². The molecule has 85 heavy (non-hydrogen) atoms. The number of nitrogens with zero attached hydrogens (tertiary/aromatic N) is 1. The molecule has 0 saturated carbocycles. The largest absolute Gasteiger partial charge is 0.472 e. The number of phosphoric acid groups is 1. The predicted octanol–water partition coefficient (Wildman–Crippen LogP) is 22.2. The van der Waals surface area contributed by atoms with Crippen LogP contribution in [0.5, 0.6) is 0 Å². The lowest BCUT2D eigenvalue weighted by Crippen LogP contribution is -2.47. The Labute approximate surface area is 524 Å². The second-order valence-electron chi connectivity index (χ2n) is 24.3. The first-order chi connectivity index (χ1) is 41.4. The van der Waals surface area contributed by atoms with Gasteiger partial charge in [-0.2, -0.15) is 0 Å². The lowest BCUT2D eigenvalue weighted by molar-refractivity contribution is -0.870. The smallest absolute Gasteiger partial charge is 0.456 e. The van der Waals surface area contributed by atoms with Gasteiger partial charge in [-0.05, 0) is 122 Å². The highest BCUT2D eigenvalue weighted by atomic mass is 31.2. The summed E-state index contributed by atoms with van der Waals surface area (Å²) in [4.78, 5) is 37.9. The summed E-state index contributed by atoms with van der Waals surface area (Å²) in [6, 6.07) is -0.868. The number of amides is 1. The summed E-state index contributed by atoms with van der Waals surface area (Å²) in [5.74, 6) is -0.531. The van der Waals surface area contributed by atoms with Gasteiger partial charge >= 0.3 is 13.8 Å². The van der Waals surface area contributed by atoms with Crippen LogP contribution in [0.15, 0.2) is 122 Å². The van der Waals surface area contributed by atoms with E-state index in [1.807, 2.05) is 33.3 Å². The number of likely N-dealkylation sites (N-methyl/N-ethyl adjacent to an activating group) is 1. The zero-order chi connectivity index (χ0) is 62.1. The lowest BCUT2D eigenvalue weighted by Gasteiger charge is -2.27. The van der Waals surface area contributed by atoms with Gasteiger partial charge in [0, 0.05) is 12.8 Å². The second-order valence-corrected chi connectivity index (χ2v) is 25.8. The van der Waals surface area contributed by atoms with Crippen LogP contribution < -0.4 is 5.32 Å². The Kier molecular flexibility index (Phi) is 60.8. The van der Waals surface area contributed by atoms with Crippen molar-refractivity contribution >= 4 is 19.7 Å². The van der Waals surface area contributed by atoms with Crippen molar-refractivity contribution in [3.05, 3.63) is 122 Å². The van der Waals surface area contributed by atoms with Crippen molar-refractivity contribution in [2.24, 2.45) is 0 Å². The van der Waals surface area contributed by atoms with Crippen LogP contribution in [0.4, 0.5) is 0 Å². The van der Waals surface area contributed by atoms with Gasteiger partial charge in [0.25, 0.3) is 0 Å². The number of phosphoric ester groups is 1. The van der Waals surface area contributed by atoms with E-state index in [-0.39, 0.29) is 31.5 Å². The SMILES string of the molecule is CC/C=C\C/C=C\C/C=C\C/C=C\C/C=C\C/C=C\CCCCCCCCCCC(=O)OC(/C=C\CCCCCCCCCCCCC)C(COP(=O)(O)OCC[N+](C)(C)C)NC(=O)CCCCCCCC/C=C\C/C=C\C/C=C\CCCCC. The van der Waals surface area contributed by atoms with Crippen LogP contribution in [-0.4, -0.2) is 74.3 Å². The molecule has 0 aromatic heterocycles. The van der Waals surface area contributed by atoms with Gasteiger partial charge in [-0.1, -0.05) is 277 Å². The van der Waals surface area contributed by atoms with E-state index in [9.17, 15) is 19.0 Å². The molecule has 0 aliphatic rings. The van der Waals surface area contributed by atoms with Gasteiger partial charge in [0.1, 0.15) is 19.3 Å². The third-order valence-electron chi connectivity index (χ3n) is 14.9. The average Bonchev–Trinajstić information content (AvgIpc) is 3.50. The third kappa shape index (κ3) is 64.7. The number of carbonyl (C=O) groups is 2. The second kappa shape index (κ2) is 63.4. The molecule has 0 bridgehead atoms. The highest BCUT2D eigenvalue weighted by Gasteiger charge is 2.30. The van der Waals surface area contributed by atoms with E-state index in [2.05, 4.69) is 135 Å². The Bertz CT molecular complexity index is 1870. The molecule has 9 nitrogen and oxygen atoms in total. The third-order valence-corrected chi connectivity index (χ3v) is 15.9. The van der Waals surface area contributed by atoms with E-state index >= 15 is 0 Å². The summed E-state index contributed by atoms with van der Waals surface area (Å²) < 4.78 is 30.8. The fourth-order valence-corrected chi connectivity index (χ4v) is 10.3. The van der Waals surface area contributed by atoms with Crippen molar-refractivity contribution in [1.29, 1.82) is 0 Å². The van der Waals surface area contributed by atoms with E-state index in [0.717, 1.165) is 148 Å².